The van der Waals surface area contributed by atoms with Crippen molar-refractivity contribution in [2.45, 2.75) is 19.5 Å². The lowest BCUT2D eigenvalue weighted by molar-refractivity contribution is -0.137. The number of hydrogen-bond acceptors (Lipinski definition) is 2. The van der Waals surface area contributed by atoms with Gasteiger partial charge in [0.2, 0.25) is 0 Å². The molecule has 20 heavy (non-hydrogen) atoms. The molecule has 0 bridgehead atoms. The van der Waals surface area contributed by atoms with Crippen molar-refractivity contribution in [2.24, 2.45) is 0 Å². The van der Waals surface area contributed by atoms with Crippen LogP contribution in [0.15, 0.2) is 24.4 Å². The average molecular weight is 284 g/mol. The molecule has 0 amide bonds. The van der Waals surface area contributed by atoms with Crippen molar-refractivity contribution in [2.75, 3.05) is 0 Å². The van der Waals surface area contributed by atoms with Crippen molar-refractivity contribution in [3.05, 3.63) is 41.2 Å². The van der Waals surface area contributed by atoms with Crippen LogP contribution in [0.5, 0.6) is 0 Å². The van der Waals surface area contributed by atoms with Crippen LogP contribution in [0.1, 0.15) is 28.5 Å². The van der Waals surface area contributed by atoms with Gasteiger partial charge >= 0.3 is 12.1 Å². The quantitative estimate of drug-likeness (QED) is 0.908. The van der Waals surface area contributed by atoms with Gasteiger partial charge in [0.25, 0.3) is 0 Å². The van der Waals surface area contributed by atoms with E-state index in [2.05, 4.69) is 9.97 Å². The fourth-order valence-electron chi connectivity index (χ4n) is 1.83. The van der Waals surface area contributed by atoms with E-state index in [4.69, 9.17) is 5.11 Å². The summed E-state index contributed by atoms with van der Waals surface area (Å²) in [4.78, 5) is 17.4. The van der Waals surface area contributed by atoms with Gasteiger partial charge in [0.05, 0.1) is 17.0 Å². The van der Waals surface area contributed by atoms with Crippen LogP contribution in [0.3, 0.4) is 0 Å². The first kappa shape index (κ1) is 14.1. The second-order valence-electron chi connectivity index (χ2n) is 4.17. The number of rotatable bonds is 3. The SMILES string of the molecule is CCc1cc(-c2ccc(C(F)(F)F)cn2)[nH]c1C(=O)O. The van der Waals surface area contributed by atoms with Crippen molar-refractivity contribution in [1.29, 1.82) is 0 Å². The molecular weight excluding hydrogens is 273 g/mol. The minimum Gasteiger partial charge on any atom is -0.477 e. The summed E-state index contributed by atoms with van der Waals surface area (Å²) in [6.45, 7) is 1.79. The molecule has 0 saturated carbocycles. The molecule has 0 radical (unpaired) electrons. The maximum absolute atomic E-state index is 12.4. The van der Waals surface area contributed by atoms with Gasteiger partial charge in [-0.05, 0) is 30.2 Å². The monoisotopic (exact) mass is 284 g/mol. The largest absolute Gasteiger partial charge is 0.477 e. The molecule has 7 heteroatoms. The highest BCUT2D eigenvalue weighted by atomic mass is 19.4. The molecule has 0 aliphatic rings. The Balaban J connectivity index is 2.39. The number of halogens is 3. The first-order valence-electron chi connectivity index (χ1n) is 5.81. The highest BCUT2D eigenvalue weighted by Crippen LogP contribution is 2.30. The van der Waals surface area contributed by atoms with Crippen molar-refractivity contribution in [3.8, 4) is 11.4 Å². The number of H-pyrrole nitrogens is 1. The minimum atomic E-state index is -4.44. The van der Waals surface area contributed by atoms with Crippen molar-refractivity contribution < 1.29 is 23.1 Å². The lowest BCUT2D eigenvalue weighted by Gasteiger charge is -2.06. The normalized spacial score (nSPS) is 11.6. The van der Waals surface area contributed by atoms with Gasteiger partial charge in [0.15, 0.2) is 0 Å². The van der Waals surface area contributed by atoms with Crippen molar-refractivity contribution in [1.82, 2.24) is 9.97 Å². The fraction of sp³-hybridized carbons (Fsp3) is 0.231. The molecule has 0 fully saturated rings. The highest BCUT2D eigenvalue weighted by molar-refractivity contribution is 5.88. The molecule has 2 heterocycles. The van der Waals surface area contributed by atoms with Crippen LogP contribution in [0, 0.1) is 0 Å². The van der Waals surface area contributed by atoms with Crippen LogP contribution < -0.4 is 0 Å². The Labute approximate surface area is 112 Å². The Morgan fingerprint density at radius 2 is 2.10 bits per heavy atom. The van der Waals surface area contributed by atoms with E-state index >= 15 is 0 Å². The van der Waals surface area contributed by atoms with Crippen LogP contribution in [0.25, 0.3) is 11.4 Å². The smallest absolute Gasteiger partial charge is 0.417 e. The molecule has 2 rings (SSSR count). The number of carboxylic acids is 1. The molecule has 4 nitrogen and oxygen atoms in total. The zero-order chi connectivity index (χ0) is 14.9. The Morgan fingerprint density at radius 1 is 1.40 bits per heavy atom. The molecule has 0 aromatic carbocycles. The maximum Gasteiger partial charge on any atom is 0.417 e. The van der Waals surface area contributed by atoms with Gasteiger partial charge in [-0.3, -0.25) is 4.98 Å². The van der Waals surface area contributed by atoms with Crippen LogP contribution >= 0.6 is 0 Å². The number of aromatic nitrogens is 2. The zero-order valence-corrected chi connectivity index (χ0v) is 10.5. The molecule has 0 atom stereocenters. The zero-order valence-electron chi connectivity index (χ0n) is 10.5. The number of aromatic amines is 1. The number of carbonyl (C=O) groups is 1. The van der Waals surface area contributed by atoms with Crippen LogP contribution in [-0.2, 0) is 12.6 Å². The van der Waals surface area contributed by atoms with Gasteiger partial charge in [-0.1, -0.05) is 6.92 Å². The van der Waals surface area contributed by atoms with E-state index in [1.807, 2.05) is 0 Å². The standard InChI is InChI=1S/C13H11F3N2O2/c1-2-7-5-10(18-11(7)12(19)20)9-4-3-8(6-17-9)13(14,15)16/h3-6,18H,2H2,1H3,(H,19,20). The summed E-state index contributed by atoms with van der Waals surface area (Å²) in [6, 6.07) is 3.70. The molecule has 0 unspecified atom stereocenters. The predicted octanol–water partition coefficient (Wildman–Crippen LogP) is 3.36. The molecule has 0 aliphatic carbocycles. The van der Waals surface area contributed by atoms with Crippen molar-refractivity contribution in [3.63, 3.8) is 0 Å². The third kappa shape index (κ3) is 2.66. The topological polar surface area (TPSA) is 66.0 Å². The number of pyridine rings is 1. The first-order chi connectivity index (χ1) is 9.32. The van der Waals surface area contributed by atoms with Gasteiger partial charge in [0.1, 0.15) is 5.69 Å². The fourth-order valence-corrected chi connectivity index (χ4v) is 1.83. The second kappa shape index (κ2) is 4.99. The number of hydrogen-bond donors (Lipinski definition) is 2. The Kier molecular flexibility index (Phi) is 3.52. The summed E-state index contributed by atoms with van der Waals surface area (Å²) in [5.41, 5.74) is 0.411. The summed E-state index contributed by atoms with van der Waals surface area (Å²) in [7, 11) is 0. The summed E-state index contributed by atoms with van der Waals surface area (Å²) in [5.74, 6) is -1.11. The van der Waals surface area contributed by atoms with Gasteiger partial charge in [-0.2, -0.15) is 13.2 Å². The molecule has 106 valence electrons. The van der Waals surface area contributed by atoms with Crippen LogP contribution in [-0.4, -0.2) is 21.0 Å². The summed E-state index contributed by atoms with van der Waals surface area (Å²) >= 11 is 0. The highest BCUT2D eigenvalue weighted by Gasteiger charge is 2.30. The summed E-state index contributed by atoms with van der Waals surface area (Å²) in [5, 5.41) is 9.01. The minimum absolute atomic E-state index is 0.0317. The van der Waals surface area contributed by atoms with Gasteiger partial charge < -0.3 is 10.1 Å². The van der Waals surface area contributed by atoms with Crippen LogP contribution in [0.4, 0.5) is 13.2 Å². The lowest BCUT2D eigenvalue weighted by Crippen LogP contribution is -2.05. The van der Waals surface area contributed by atoms with E-state index in [1.54, 1.807) is 13.0 Å². The molecule has 0 aliphatic heterocycles. The predicted molar refractivity (Wildman–Crippen MR) is 65.4 cm³/mol. The lowest BCUT2D eigenvalue weighted by atomic mass is 10.1. The van der Waals surface area contributed by atoms with Crippen LogP contribution in [0.2, 0.25) is 0 Å². The number of nitrogens with one attached hydrogen (secondary N) is 1. The number of aromatic carboxylic acids is 1. The Hall–Kier alpha value is -2.31. The average Bonchev–Trinajstić information content (AvgIpc) is 2.82. The molecule has 2 aromatic heterocycles. The van der Waals surface area contributed by atoms with E-state index in [0.717, 1.165) is 12.3 Å². The number of carboxylic acid groups (broad SMARTS) is 1. The van der Waals surface area contributed by atoms with Gasteiger partial charge in [-0.15, -0.1) is 0 Å². The molecular formula is C13H11F3N2O2. The van der Waals surface area contributed by atoms with Gasteiger partial charge in [0, 0.05) is 6.20 Å². The number of aryl methyl sites for hydroxylation is 1. The first-order valence-corrected chi connectivity index (χ1v) is 5.81. The number of nitrogens with zero attached hydrogens (tertiary/aromatic N) is 1. The molecule has 2 aromatic rings. The third-order valence-electron chi connectivity index (χ3n) is 2.86. The summed E-state index contributed by atoms with van der Waals surface area (Å²) < 4.78 is 37.3. The van der Waals surface area contributed by atoms with E-state index < -0.39 is 17.7 Å². The number of alkyl halides is 3. The van der Waals surface area contributed by atoms with E-state index in [1.165, 1.54) is 6.07 Å². The molecule has 0 spiro atoms. The molecule has 0 saturated heterocycles. The molecule has 2 N–H and O–H groups in total. The Bertz CT molecular complexity index is 630. The third-order valence-corrected chi connectivity index (χ3v) is 2.86. The van der Waals surface area contributed by atoms with E-state index in [0.29, 0.717) is 17.7 Å². The van der Waals surface area contributed by atoms with E-state index in [9.17, 15) is 18.0 Å². The van der Waals surface area contributed by atoms with Gasteiger partial charge in [-0.25, -0.2) is 4.79 Å². The Morgan fingerprint density at radius 3 is 2.50 bits per heavy atom. The second-order valence-corrected chi connectivity index (χ2v) is 4.17. The maximum atomic E-state index is 12.4. The van der Waals surface area contributed by atoms with E-state index in [-0.39, 0.29) is 11.4 Å². The summed E-state index contributed by atoms with van der Waals surface area (Å²) in [6.07, 6.45) is -3.22. The van der Waals surface area contributed by atoms with Crippen molar-refractivity contribution >= 4 is 5.97 Å².